The lowest BCUT2D eigenvalue weighted by atomic mass is 10.00. The molecule has 6 heteroatoms. The fraction of sp³-hybridized carbons (Fsp3) is 0. The molecule has 0 atom stereocenters. The van der Waals surface area contributed by atoms with E-state index in [-0.39, 0.29) is 0 Å². The van der Waals surface area contributed by atoms with Crippen molar-refractivity contribution in [2.45, 2.75) is 0 Å². The number of fused-ring (bicyclic) bond motifs is 9. The average Bonchev–Trinajstić information content (AvgIpc) is 3.87. The van der Waals surface area contributed by atoms with Crippen LogP contribution >= 0.6 is 0 Å². The van der Waals surface area contributed by atoms with Crippen LogP contribution in [0.3, 0.4) is 0 Å². The van der Waals surface area contributed by atoms with E-state index in [4.69, 9.17) is 23.8 Å². The molecule has 11 aromatic rings. The van der Waals surface area contributed by atoms with Crippen LogP contribution in [-0.2, 0) is 0 Å². The number of aromatic nitrogens is 4. The van der Waals surface area contributed by atoms with E-state index >= 15 is 0 Å². The van der Waals surface area contributed by atoms with E-state index in [1.54, 1.807) is 0 Å². The molecule has 0 amide bonds. The molecule has 6 nitrogen and oxygen atoms in total. The zero-order chi connectivity index (χ0) is 33.5. The van der Waals surface area contributed by atoms with Gasteiger partial charge in [0.15, 0.2) is 11.6 Å². The van der Waals surface area contributed by atoms with Gasteiger partial charge in [0, 0.05) is 54.6 Å². The van der Waals surface area contributed by atoms with E-state index < -0.39 is 0 Å². The van der Waals surface area contributed by atoms with Crippen LogP contribution in [0.4, 0.5) is 0 Å². The lowest BCUT2D eigenvalue weighted by Crippen LogP contribution is -2.06. The fourth-order valence-electron chi connectivity index (χ4n) is 7.56. The zero-order valence-electron chi connectivity index (χ0n) is 27.1. The van der Waals surface area contributed by atoms with Gasteiger partial charge in [0.05, 0.1) is 11.0 Å². The molecule has 0 bridgehead atoms. The van der Waals surface area contributed by atoms with Crippen molar-refractivity contribution in [2.24, 2.45) is 0 Å². The van der Waals surface area contributed by atoms with E-state index in [1.807, 2.05) is 54.6 Å². The Balaban J connectivity index is 1.12. The van der Waals surface area contributed by atoms with Gasteiger partial charge in [-0.05, 0) is 30.3 Å². The summed E-state index contributed by atoms with van der Waals surface area (Å²) in [6.45, 7) is 0. The minimum atomic E-state index is 0.558. The second kappa shape index (κ2) is 10.7. The molecule has 0 aliphatic rings. The van der Waals surface area contributed by atoms with Gasteiger partial charge in [-0.3, -0.25) is 4.57 Å². The van der Waals surface area contributed by atoms with Gasteiger partial charge in [-0.15, -0.1) is 0 Å². The zero-order valence-corrected chi connectivity index (χ0v) is 27.1. The van der Waals surface area contributed by atoms with Crippen LogP contribution in [0.5, 0.6) is 0 Å². The first-order valence-electron chi connectivity index (χ1n) is 16.9. The summed E-state index contributed by atoms with van der Waals surface area (Å²) in [5.74, 6) is 1.72. The first-order valence-corrected chi connectivity index (χ1v) is 16.9. The highest BCUT2D eigenvalue weighted by Crippen LogP contribution is 2.42. The molecule has 4 aromatic heterocycles. The third kappa shape index (κ3) is 4.20. The van der Waals surface area contributed by atoms with Crippen molar-refractivity contribution in [3.8, 4) is 39.9 Å². The third-order valence-electron chi connectivity index (χ3n) is 9.89. The summed E-state index contributed by atoms with van der Waals surface area (Å²) in [5.41, 5.74) is 9.09. The molecule has 0 saturated heterocycles. The fourth-order valence-corrected chi connectivity index (χ4v) is 7.56. The topological polar surface area (TPSA) is 69.9 Å². The normalized spacial score (nSPS) is 11.9. The minimum Gasteiger partial charge on any atom is -0.455 e. The molecule has 0 radical (unpaired) electrons. The van der Waals surface area contributed by atoms with Crippen molar-refractivity contribution in [3.63, 3.8) is 0 Å². The van der Waals surface area contributed by atoms with Crippen molar-refractivity contribution in [1.82, 2.24) is 19.5 Å². The summed E-state index contributed by atoms with van der Waals surface area (Å²) in [5, 5.41) is 6.54. The van der Waals surface area contributed by atoms with Gasteiger partial charge in [0.25, 0.3) is 0 Å². The average molecular weight is 655 g/mol. The summed E-state index contributed by atoms with van der Waals surface area (Å²) < 4.78 is 15.3. The molecular formula is C45H26N4O2. The quantitative estimate of drug-likeness (QED) is 0.189. The number of para-hydroxylation sites is 5. The van der Waals surface area contributed by atoms with Gasteiger partial charge >= 0.3 is 0 Å². The molecule has 0 fully saturated rings. The van der Waals surface area contributed by atoms with Crippen LogP contribution in [0.2, 0.25) is 0 Å². The van der Waals surface area contributed by atoms with Crippen molar-refractivity contribution >= 4 is 65.7 Å². The Labute approximate surface area is 290 Å². The SMILES string of the molecule is c1ccc(-c2nc(-c3ccc4c(c3)oc3c(-c5cccc6c5oc5ccccc56)cccc34)nc(-n3c4ccccc4c4ccccc43)n2)cc1. The first-order chi connectivity index (χ1) is 25.3. The predicted octanol–water partition coefficient (Wildman–Crippen LogP) is 11.8. The molecule has 0 aliphatic carbocycles. The molecular weight excluding hydrogens is 629 g/mol. The Hall–Kier alpha value is -7.05. The molecule has 51 heavy (non-hydrogen) atoms. The highest BCUT2D eigenvalue weighted by atomic mass is 16.3. The third-order valence-corrected chi connectivity index (χ3v) is 9.89. The van der Waals surface area contributed by atoms with Gasteiger partial charge in [0.1, 0.15) is 22.3 Å². The van der Waals surface area contributed by atoms with Crippen molar-refractivity contribution in [2.75, 3.05) is 0 Å². The van der Waals surface area contributed by atoms with Crippen molar-refractivity contribution in [1.29, 1.82) is 0 Å². The van der Waals surface area contributed by atoms with Gasteiger partial charge < -0.3 is 8.83 Å². The molecule has 11 rings (SSSR count). The first kappa shape index (κ1) is 27.9. The predicted molar refractivity (Wildman–Crippen MR) is 205 cm³/mol. The Morgan fingerprint density at radius 1 is 0.373 bits per heavy atom. The maximum Gasteiger partial charge on any atom is 0.238 e. The van der Waals surface area contributed by atoms with E-state index in [0.29, 0.717) is 17.6 Å². The number of nitrogens with zero attached hydrogens (tertiary/aromatic N) is 4. The van der Waals surface area contributed by atoms with Gasteiger partial charge in [-0.1, -0.05) is 127 Å². The summed E-state index contributed by atoms with van der Waals surface area (Å²) in [6, 6.07) is 53.8. The van der Waals surface area contributed by atoms with Crippen LogP contribution in [0.1, 0.15) is 0 Å². The molecule has 4 heterocycles. The van der Waals surface area contributed by atoms with Crippen LogP contribution in [0.15, 0.2) is 167 Å². The maximum atomic E-state index is 6.74. The van der Waals surface area contributed by atoms with Gasteiger partial charge in [-0.2, -0.15) is 9.97 Å². The highest BCUT2D eigenvalue weighted by molar-refractivity contribution is 6.15. The molecule has 7 aromatic carbocycles. The number of rotatable bonds is 4. The number of furan rings is 2. The van der Waals surface area contributed by atoms with Crippen LogP contribution < -0.4 is 0 Å². The summed E-state index contributed by atoms with van der Waals surface area (Å²) >= 11 is 0. The van der Waals surface area contributed by atoms with Gasteiger partial charge in [-0.25, -0.2) is 4.98 Å². The second-order valence-electron chi connectivity index (χ2n) is 12.8. The molecule has 0 spiro atoms. The standard InChI is InChI=1S/C45H26N4O2/c1-2-12-27(13-3-1)43-46-44(48-45(47-43)49-37-21-7-4-14-29(37)30-15-5-8-22-38(30)49)28-24-25-32-34-18-11-20-36(42(34)51-40(32)26-28)35-19-10-17-33-31-16-6-9-23-39(31)50-41(33)35/h1-26H. The summed E-state index contributed by atoms with van der Waals surface area (Å²) in [4.78, 5) is 15.2. The van der Waals surface area contributed by atoms with Crippen LogP contribution in [-0.4, -0.2) is 19.5 Å². The molecule has 0 N–H and O–H groups in total. The summed E-state index contributed by atoms with van der Waals surface area (Å²) in [6.07, 6.45) is 0. The Kier molecular flexibility index (Phi) is 5.86. The monoisotopic (exact) mass is 654 g/mol. The lowest BCUT2D eigenvalue weighted by Gasteiger charge is -2.10. The van der Waals surface area contributed by atoms with Crippen LogP contribution in [0.25, 0.3) is 106 Å². The van der Waals surface area contributed by atoms with E-state index in [1.165, 1.54) is 0 Å². The smallest absolute Gasteiger partial charge is 0.238 e. The molecule has 0 aliphatic heterocycles. The van der Waals surface area contributed by atoms with E-state index in [9.17, 15) is 0 Å². The van der Waals surface area contributed by atoms with Crippen molar-refractivity contribution in [3.05, 3.63) is 158 Å². The maximum absolute atomic E-state index is 6.74. The second-order valence-corrected chi connectivity index (χ2v) is 12.8. The number of hydrogen-bond acceptors (Lipinski definition) is 5. The van der Waals surface area contributed by atoms with E-state index in [0.717, 1.165) is 87.9 Å². The Bertz CT molecular complexity index is 3100. The van der Waals surface area contributed by atoms with Gasteiger partial charge in [0.2, 0.25) is 5.95 Å². The largest absolute Gasteiger partial charge is 0.455 e. The van der Waals surface area contributed by atoms with Crippen molar-refractivity contribution < 1.29 is 8.83 Å². The molecule has 238 valence electrons. The Morgan fingerprint density at radius 2 is 0.902 bits per heavy atom. The summed E-state index contributed by atoms with van der Waals surface area (Å²) in [7, 11) is 0. The van der Waals surface area contributed by atoms with Crippen LogP contribution in [0, 0.1) is 0 Å². The molecule has 0 saturated carbocycles. The minimum absolute atomic E-state index is 0.558. The highest BCUT2D eigenvalue weighted by Gasteiger charge is 2.20. The van der Waals surface area contributed by atoms with E-state index in [2.05, 4.69) is 108 Å². The Morgan fingerprint density at radius 3 is 1.59 bits per heavy atom. The number of benzene rings is 7. The lowest BCUT2D eigenvalue weighted by molar-refractivity contribution is 0.665. The number of hydrogen-bond donors (Lipinski definition) is 0. The molecule has 0 unspecified atom stereocenters.